The lowest BCUT2D eigenvalue weighted by Gasteiger charge is -2.18. The van der Waals surface area contributed by atoms with Crippen LogP contribution in [0.2, 0.25) is 0 Å². The number of carbonyl (C=O) groups is 2. The summed E-state index contributed by atoms with van der Waals surface area (Å²) in [6, 6.07) is 23.0. The zero-order valence-electron chi connectivity index (χ0n) is 18.3. The minimum Gasteiger partial charge on any atom is -0.376 e. The maximum absolute atomic E-state index is 12.8. The number of carbonyl (C=O) groups excluding carboxylic acids is 2. The van der Waals surface area contributed by atoms with Crippen LogP contribution in [0.4, 0.5) is 11.4 Å². The first-order valence-electron chi connectivity index (χ1n) is 10.5. The molecule has 3 aromatic rings. The van der Waals surface area contributed by atoms with Crippen molar-refractivity contribution < 1.29 is 9.59 Å². The summed E-state index contributed by atoms with van der Waals surface area (Å²) < 4.78 is 0. The number of rotatable bonds is 8. The fourth-order valence-corrected chi connectivity index (χ4v) is 3.53. The summed E-state index contributed by atoms with van der Waals surface area (Å²) in [6.07, 6.45) is 0.895. The third-order valence-corrected chi connectivity index (χ3v) is 5.17. The first kappa shape index (κ1) is 22.1. The number of hydrogen-bond donors (Lipinski definition) is 2. The van der Waals surface area contributed by atoms with Gasteiger partial charge in [-0.05, 0) is 48.2 Å². The Morgan fingerprint density at radius 1 is 0.935 bits per heavy atom. The van der Waals surface area contributed by atoms with Gasteiger partial charge in [0.25, 0.3) is 5.91 Å². The van der Waals surface area contributed by atoms with E-state index in [1.807, 2.05) is 49.4 Å². The maximum Gasteiger partial charge on any atom is 0.253 e. The molecule has 2 amide bonds. The van der Waals surface area contributed by atoms with Gasteiger partial charge in [-0.3, -0.25) is 9.59 Å². The molecule has 0 fully saturated rings. The molecular weight excluding hydrogens is 386 g/mol. The fourth-order valence-electron chi connectivity index (χ4n) is 3.53. The summed E-state index contributed by atoms with van der Waals surface area (Å²) in [5.41, 5.74) is 5.51. The molecule has 0 aliphatic rings. The van der Waals surface area contributed by atoms with E-state index in [1.54, 1.807) is 36.2 Å². The third kappa shape index (κ3) is 5.95. The first-order valence-corrected chi connectivity index (χ1v) is 10.5. The van der Waals surface area contributed by atoms with Gasteiger partial charge in [0.1, 0.15) is 0 Å². The van der Waals surface area contributed by atoms with Gasteiger partial charge in [-0.2, -0.15) is 0 Å². The average molecular weight is 416 g/mol. The van der Waals surface area contributed by atoms with Gasteiger partial charge in [0, 0.05) is 30.5 Å². The zero-order chi connectivity index (χ0) is 22.2. The summed E-state index contributed by atoms with van der Waals surface area (Å²) in [5, 5.41) is 6.13. The molecule has 0 atom stereocenters. The predicted molar refractivity (Wildman–Crippen MR) is 126 cm³/mol. The Bertz CT molecular complexity index is 1050. The SMILES string of the molecule is CCc1cccc(C)c1NCC(=O)Nc1cccc(C(=O)N(C)Cc2ccccc2)c1. The quantitative estimate of drug-likeness (QED) is 0.551. The van der Waals surface area contributed by atoms with Gasteiger partial charge in [-0.1, -0.05) is 61.5 Å². The molecule has 0 heterocycles. The van der Waals surface area contributed by atoms with Crippen molar-refractivity contribution in [1.29, 1.82) is 0 Å². The van der Waals surface area contributed by atoms with Crippen LogP contribution in [0.5, 0.6) is 0 Å². The van der Waals surface area contributed by atoms with E-state index in [4.69, 9.17) is 0 Å². The Morgan fingerprint density at radius 2 is 1.68 bits per heavy atom. The van der Waals surface area contributed by atoms with E-state index in [0.29, 0.717) is 17.8 Å². The monoisotopic (exact) mass is 415 g/mol. The minimum atomic E-state index is -0.160. The van der Waals surface area contributed by atoms with Gasteiger partial charge < -0.3 is 15.5 Å². The number of nitrogens with one attached hydrogen (secondary N) is 2. The van der Waals surface area contributed by atoms with Crippen LogP contribution in [0.3, 0.4) is 0 Å². The molecule has 31 heavy (non-hydrogen) atoms. The molecule has 0 aromatic heterocycles. The van der Waals surface area contributed by atoms with Crippen LogP contribution in [0, 0.1) is 6.92 Å². The van der Waals surface area contributed by atoms with Crippen LogP contribution in [0.25, 0.3) is 0 Å². The van der Waals surface area contributed by atoms with Gasteiger partial charge in [0.05, 0.1) is 6.54 Å². The molecule has 0 radical (unpaired) electrons. The Kier molecular flexibility index (Phi) is 7.44. The van der Waals surface area contributed by atoms with Crippen molar-refractivity contribution in [2.24, 2.45) is 0 Å². The van der Waals surface area contributed by atoms with E-state index in [2.05, 4.69) is 23.6 Å². The smallest absolute Gasteiger partial charge is 0.253 e. The third-order valence-electron chi connectivity index (χ3n) is 5.17. The fraction of sp³-hybridized carbons (Fsp3) is 0.231. The summed E-state index contributed by atoms with van der Waals surface area (Å²) in [6.45, 7) is 4.80. The van der Waals surface area contributed by atoms with Crippen molar-refractivity contribution in [2.45, 2.75) is 26.8 Å². The van der Waals surface area contributed by atoms with E-state index in [-0.39, 0.29) is 18.4 Å². The summed E-state index contributed by atoms with van der Waals surface area (Å²) >= 11 is 0. The molecule has 5 heteroatoms. The molecule has 3 aromatic carbocycles. The van der Waals surface area contributed by atoms with Crippen LogP contribution < -0.4 is 10.6 Å². The maximum atomic E-state index is 12.8. The standard InChI is InChI=1S/C26H29N3O2/c1-4-21-13-8-10-19(2)25(21)27-17-24(30)28-23-15-9-14-22(16-23)26(31)29(3)18-20-11-6-5-7-12-20/h5-16,27H,4,17-18H2,1-3H3,(H,28,30). The van der Waals surface area contributed by atoms with Crippen LogP contribution >= 0.6 is 0 Å². The molecular formula is C26H29N3O2. The second-order valence-corrected chi connectivity index (χ2v) is 7.59. The van der Waals surface area contributed by atoms with Crippen molar-refractivity contribution >= 4 is 23.2 Å². The van der Waals surface area contributed by atoms with E-state index < -0.39 is 0 Å². The highest BCUT2D eigenvalue weighted by Crippen LogP contribution is 2.21. The number of amides is 2. The van der Waals surface area contributed by atoms with Crippen molar-refractivity contribution in [3.8, 4) is 0 Å². The highest BCUT2D eigenvalue weighted by Gasteiger charge is 2.13. The Morgan fingerprint density at radius 3 is 2.42 bits per heavy atom. The van der Waals surface area contributed by atoms with E-state index in [1.165, 1.54) is 5.56 Å². The average Bonchev–Trinajstić information content (AvgIpc) is 2.78. The summed E-state index contributed by atoms with van der Waals surface area (Å²) in [7, 11) is 1.78. The van der Waals surface area contributed by atoms with E-state index >= 15 is 0 Å². The molecule has 3 rings (SSSR count). The van der Waals surface area contributed by atoms with Gasteiger partial charge >= 0.3 is 0 Å². The molecule has 5 nitrogen and oxygen atoms in total. The highest BCUT2D eigenvalue weighted by molar-refractivity contribution is 5.98. The number of benzene rings is 3. The second-order valence-electron chi connectivity index (χ2n) is 7.59. The molecule has 0 saturated carbocycles. The topological polar surface area (TPSA) is 61.4 Å². The molecule has 160 valence electrons. The van der Waals surface area contributed by atoms with Gasteiger partial charge in [-0.15, -0.1) is 0 Å². The molecule has 0 saturated heterocycles. The van der Waals surface area contributed by atoms with Crippen molar-refractivity contribution in [3.05, 3.63) is 95.1 Å². The predicted octanol–water partition coefficient (Wildman–Crippen LogP) is 4.88. The number of anilines is 2. The van der Waals surface area contributed by atoms with Crippen LogP contribution in [-0.4, -0.2) is 30.3 Å². The van der Waals surface area contributed by atoms with Gasteiger partial charge in [0.2, 0.25) is 5.91 Å². The second kappa shape index (κ2) is 10.4. The Balaban J connectivity index is 1.61. The lowest BCUT2D eigenvalue weighted by molar-refractivity contribution is -0.114. The van der Waals surface area contributed by atoms with E-state index in [9.17, 15) is 9.59 Å². The largest absolute Gasteiger partial charge is 0.376 e. The van der Waals surface area contributed by atoms with Crippen molar-refractivity contribution in [1.82, 2.24) is 4.90 Å². The number of para-hydroxylation sites is 1. The molecule has 2 N–H and O–H groups in total. The lowest BCUT2D eigenvalue weighted by atomic mass is 10.1. The zero-order valence-corrected chi connectivity index (χ0v) is 18.3. The lowest BCUT2D eigenvalue weighted by Crippen LogP contribution is -2.26. The highest BCUT2D eigenvalue weighted by atomic mass is 16.2. The van der Waals surface area contributed by atoms with Gasteiger partial charge in [-0.25, -0.2) is 0 Å². The van der Waals surface area contributed by atoms with Crippen LogP contribution in [0.1, 0.15) is 34.0 Å². The summed E-state index contributed by atoms with van der Waals surface area (Å²) in [4.78, 5) is 27.0. The number of hydrogen-bond acceptors (Lipinski definition) is 3. The minimum absolute atomic E-state index is 0.0921. The molecule has 0 bridgehead atoms. The van der Waals surface area contributed by atoms with Crippen LogP contribution in [0.15, 0.2) is 72.8 Å². The van der Waals surface area contributed by atoms with Crippen molar-refractivity contribution in [2.75, 3.05) is 24.2 Å². The number of aryl methyl sites for hydroxylation is 2. The van der Waals surface area contributed by atoms with E-state index in [0.717, 1.165) is 23.2 Å². The Labute approximate surface area is 184 Å². The number of nitrogens with zero attached hydrogens (tertiary/aromatic N) is 1. The molecule has 0 aliphatic carbocycles. The van der Waals surface area contributed by atoms with Gasteiger partial charge in [0.15, 0.2) is 0 Å². The normalized spacial score (nSPS) is 10.4. The first-order chi connectivity index (χ1) is 15.0. The Hall–Kier alpha value is -3.60. The molecule has 0 spiro atoms. The molecule has 0 aliphatic heterocycles. The summed E-state index contributed by atoms with van der Waals surface area (Å²) in [5.74, 6) is -0.252. The molecule has 0 unspecified atom stereocenters. The van der Waals surface area contributed by atoms with Crippen LogP contribution in [-0.2, 0) is 17.8 Å². The van der Waals surface area contributed by atoms with Crippen molar-refractivity contribution in [3.63, 3.8) is 0 Å².